The maximum absolute atomic E-state index is 13.2. The molecule has 0 saturated carbocycles. The molecule has 0 aliphatic carbocycles. The predicted octanol–water partition coefficient (Wildman–Crippen LogP) is 3.17. The molecule has 0 bridgehead atoms. The molecule has 0 aliphatic rings. The molecule has 9 heteroatoms. The molecule has 0 unspecified atom stereocenters. The third-order valence-electron chi connectivity index (χ3n) is 3.58. The van der Waals surface area contributed by atoms with Gasteiger partial charge in [0, 0.05) is 25.5 Å². The maximum atomic E-state index is 13.2. The Balaban J connectivity index is 2.10. The summed E-state index contributed by atoms with van der Waals surface area (Å²) in [6.07, 6.45) is 0. The van der Waals surface area contributed by atoms with Gasteiger partial charge in [0.2, 0.25) is 15.9 Å². The molecule has 2 aromatic rings. The molecule has 0 radical (unpaired) electrons. The van der Waals surface area contributed by atoms with E-state index in [0.29, 0.717) is 11.4 Å². The Morgan fingerprint density at radius 2 is 1.85 bits per heavy atom. The molecule has 0 aromatic heterocycles. The van der Waals surface area contributed by atoms with Gasteiger partial charge in [0.1, 0.15) is 11.9 Å². The van der Waals surface area contributed by atoms with E-state index >= 15 is 0 Å². The van der Waals surface area contributed by atoms with Crippen LogP contribution in [0.1, 0.15) is 6.92 Å². The molecule has 0 heterocycles. The van der Waals surface area contributed by atoms with Gasteiger partial charge in [-0.05, 0) is 43.3 Å². The van der Waals surface area contributed by atoms with Gasteiger partial charge in [-0.3, -0.25) is 4.79 Å². The lowest BCUT2D eigenvalue weighted by atomic mass is 10.2. The summed E-state index contributed by atoms with van der Waals surface area (Å²) in [6, 6.07) is 9.36. The molecule has 0 fully saturated rings. The summed E-state index contributed by atoms with van der Waals surface area (Å²) in [5.41, 5.74) is 0.840. The zero-order valence-electron chi connectivity index (χ0n) is 14.5. The van der Waals surface area contributed by atoms with Gasteiger partial charge in [0.05, 0.1) is 9.92 Å². The van der Waals surface area contributed by atoms with Crippen LogP contribution >= 0.6 is 11.6 Å². The molecule has 2 rings (SSSR count). The number of amides is 1. The Hall–Kier alpha value is -2.16. The molecule has 26 heavy (non-hydrogen) atoms. The number of anilines is 2. The minimum absolute atomic E-state index is 0.0517. The van der Waals surface area contributed by atoms with E-state index in [-0.39, 0.29) is 15.8 Å². The molecule has 2 aromatic carbocycles. The number of halogens is 2. The quantitative estimate of drug-likeness (QED) is 0.782. The molecule has 0 saturated heterocycles. The first kappa shape index (κ1) is 20.2. The van der Waals surface area contributed by atoms with Crippen molar-refractivity contribution >= 4 is 38.9 Å². The van der Waals surface area contributed by atoms with Gasteiger partial charge in [-0.1, -0.05) is 17.7 Å². The number of nitrogens with zero attached hydrogens (tertiary/aromatic N) is 1. The van der Waals surface area contributed by atoms with Crippen molar-refractivity contribution < 1.29 is 17.6 Å². The van der Waals surface area contributed by atoms with Crippen LogP contribution < -0.4 is 10.6 Å². The van der Waals surface area contributed by atoms with Crippen molar-refractivity contribution in [2.24, 2.45) is 0 Å². The number of hydrogen-bond acceptors (Lipinski definition) is 4. The summed E-state index contributed by atoms with van der Waals surface area (Å²) < 4.78 is 38.6. The normalized spacial score (nSPS) is 12.7. The molecular formula is C17H19ClFN3O3S. The summed E-state index contributed by atoms with van der Waals surface area (Å²) in [7, 11) is -0.735. The summed E-state index contributed by atoms with van der Waals surface area (Å²) >= 11 is 5.72. The number of hydrogen-bond donors (Lipinski definition) is 2. The first-order valence-corrected chi connectivity index (χ1v) is 9.48. The van der Waals surface area contributed by atoms with Crippen LogP contribution in [-0.4, -0.2) is 38.8 Å². The van der Waals surface area contributed by atoms with Crippen molar-refractivity contribution in [1.82, 2.24) is 4.31 Å². The van der Waals surface area contributed by atoms with Gasteiger partial charge in [0.25, 0.3) is 0 Å². The van der Waals surface area contributed by atoms with Crippen LogP contribution in [0.2, 0.25) is 5.02 Å². The van der Waals surface area contributed by atoms with Gasteiger partial charge in [-0.25, -0.2) is 17.1 Å². The van der Waals surface area contributed by atoms with Crippen LogP contribution in [0, 0.1) is 5.82 Å². The molecule has 1 amide bonds. The molecule has 0 spiro atoms. The monoisotopic (exact) mass is 399 g/mol. The topological polar surface area (TPSA) is 78.5 Å². The highest BCUT2D eigenvalue weighted by atomic mass is 35.5. The lowest BCUT2D eigenvalue weighted by Crippen LogP contribution is -2.32. The lowest BCUT2D eigenvalue weighted by molar-refractivity contribution is -0.116. The molecule has 6 nitrogen and oxygen atoms in total. The van der Waals surface area contributed by atoms with Gasteiger partial charge >= 0.3 is 0 Å². The standard InChI is InChI=1S/C17H19ClFN3O3S/c1-11(20-13-7-8-16(19)15(18)10-13)17(23)21-12-5-4-6-14(9-12)26(24,25)22(2)3/h4-11,20H,1-3H3,(H,21,23)/t11-/m0/s1. The minimum atomic E-state index is -3.60. The third-order valence-corrected chi connectivity index (χ3v) is 5.68. The second-order valence-corrected chi connectivity index (χ2v) is 8.36. The predicted molar refractivity (Wildman–Crippen MR) is 100 cm³/mol. The maximum Gasteiger partial charge on any atom is 0.246 e. The molecule has 140 valence electrons. The summed E-state index contributed by atoms with van der Waals surface area (Å²) in [5.74, 6) is -0.932. The van der Waals surface area contributed by atoms with Crippen molar-refractivity contribution in [2.45, 2.75) is 17.9 Å². The number of nitrogens with one attached hydrogen (secondary N) is 2. The number of rotatable bonds is 6. The Labute approximate surface area is 157 Å². The van der Waals surface area contributed by atoms with Crippen LogP contribution in [0.3, 0.4) is 0 Å². The third kappa shape index (κ3) is 4.72. The summed E-state index contributed by atoms with van der Waals surface area (Å²) in [4.78, 5) is 12.4. The lowest BCUT2D eigenvalue weighted by Gasteiger charge is -2.16. The van der Waals surface area contributed by atoms with Crippen LogP contribution in [0.4, 0.5) is 15.8 Å². The average Bonchev–Trinajstić information content (AvgIpc) is 2.58. The van der Waals surface area contributed by atoms with Crippen molar-refractivity contribution in [2.75, 3.05) is 24.7 Å². The molecule has 1 atom stereocenters. The van der Waals surface area contributed by atoms with E-state index in [0.717, 1.165) is 4.31 Å². The number of sulfonamides is 1. The van der Waals surface area contributed by atoms with E-state index < -0.39 is 21.9 Å². The highest BCUT2D eigenvalue weighted by Gasteiger charge is 2.19. The first-order chi connectivity index (χ1) is 12.1. The van der Waals surface area contributed by atoms with E-state index in [1.807, 2.05) is 0 Å². The van der Waals surface area contributed by atoms with E-state index in [4.69, 9.17) is 11.6 Å². The zero-order valence-corrected chi connectivity index (χ0v) is 16.0. The highest BCUT2D eigenvalue weighted by molar-refractivity contribution is 7.89. The Morgan fingerprint density at radius 1 is 1.15 bits per heavy atom. The minimum Gasteiger partial charge on any atom is -0.374 e. The highest BCUT2D eigenvalue weighted by Crippen LogP contribution is 2.21. The van der Waals surface area contributed by atoms with E-state index in [9.17, 15) is 17.6 Å². The van der Waals surface area contributed by atoms with Gasteiger partial charge in [-0.15, -0.1) is 0 Å². The van der Waals surface area contributed by atoms with Gasteiger partial charge in [-0.2, -0.15) is 0 Å². The fraction of sp³-hybridized carbons (Fsp3) is 0.235. The second kappa shape index (κ2) is 8.03. The van der Waals surface area contributed by atoms with Crippen LogP contribution in [0.5, 0.6) is 0 Å². The SMILES string of the molecule is C[C@H](Nc1ccc(F)c(Cl)c1)C(=O)Nc1cccc(S(=O)(=O)N(C)C)c1. The number of carbonyl (C=O) groups excluding carboxylic acids is 1. The van der Waals surface area contributed by atoms with Gasteiger partial charge < -0.3 is 10.6 Å². The first-order valence-electron chi connectivity index (χ1n) is 7.66. The molecule has 0 aliphatic heterocycles. The van der Waals surface area contributed by atoms with Crippen molar-refractivity contribution in [1.29, 1.82) is 0 Å². The van der Waals surface area contributed by atoms with E-state index in [1.54, 1.807) is 19.1 Å². The van der Waals surface area contributed by atoms with Crippen LogP contribution in [-0.2, 0) is 14.8 Å². The van der Waals surface area contributed by atoms with Crippen LogP contribution in [0.15, 0.2) is 47.4 Å². The Kier molecular flexibility index (Phi) is 6.22. The zero-order chi connectivity index (χ0) is 19.5. The number of benzene rings is 2. The Bertz CT molecular complexity index is 919. The Morgan fingerprint density at radius 3 is 2.46 bits per heavy atom. The van der Waals surface area contributed by atoms with E-state index in [1.165, 1.54) is 44.4 Å². The average molecular weight is 400 g/mol. The number of carbonyl (C=O) groups is 1. The van der Waals surface area contributed by atoms with Crippen molar-refractivity contribution in [3.05, 3.63) is 53.3 Å². The fourth-order valence-corrected chi connectivity index (χ4v) is 3.23. The smallest absolute Gasteiger partial charge is 0.246 e. The summed E-state index contributed by atoms with van der Waals surface area (Å²) in [6.45, 7) is 1.62. The second-order valence-electron chi connectivity index (χ2n) is 5.80. The fourth-order valence-electron chi connectivity index (χ4n) is 2.10. The largest absolute Gasteiger partial charge is 0.374 e. The van der Waals surface area contributed by atoms with E-state index in [2.05, 4.69) is 10.6 Å². The van der Waals surface area contributed by atoms with Crippen molar-refractivity contribution in [3.8, 4) is 0 Å². The summed E-state index contributed by atoms with van der Waals surface area (Å²) in [5, 5.41) is 5.50. The molecule has 2 N–H and O–H groups in total. The van der Waals surface area contributed by atoms with Gasteiger partial charge in [0.15, 0.2) is 0 Å². The van der Waals surface area contributed by atoms with Crippen molar-refractivity contribution in [3.63, 3.8) is 0 Å². The van der Waals surface area contributed by atoms with Crippen LogP contribution in [0.25, 0.3) is 0 Å². The molecular weight excluding hydrogens is 381 g/mol.